The van der Waals surface area contributed by atoms with Gasteiger partial charge >= 0.3 is 5.97 Å². The van der Waals surface area contributed by atoms with Crippen LogP contribution in [0.5, 0.6) is 0 Å². The topological polar surface area (TPSA) is 55.4 Å². The van der Waals surface area contributed by atoms with Crippen LogP contribution >= 0.6 is 0 Å². The van der Waals surface area contributed by atoms with Crippen molar-refractivity contribution in [3.63, 3.8) is 0 Å². The molecule has 0 spiro atoms. The van der Waals surface area contributed by atoms with Crippen LogP contribution in [0.1, 0.15) is 64.7 Å². The number of amides is 1. The van der Waals surface area contributed by atoms with Crippen LogP contribution in [0.15, 0.2) is 0 Å². The molecule has 18 heavy (non-hydrogen) atoms. The second-order valence-electron chi connectivity index (χ2n) is 4.97. The molecule has 1 fully saturated rings. The van der Waals surface area contributed by atoms with E-state index >= 15 is 0 Å². The van der Waals surface area contributed by atoms with E-state index in [1.807, 2.05) is 0 Å². The Morgan fingerprint density at radius 1 is 1.17 bits per heavy atom. The number of hydrogen-bond donors (Lipinski definition) is 1. The zero-order valence-electron chi connectivity index (χ0n) is 11.4. The van der Waals surface area contributed by atoms with E-state index in [-0.39, 0.29) is 24.3 Å². The highest BCUT2D eigenvalue weighted by atomic mass is 16.5. The van der Waals surface area contributed by atoms with E-state index < -0.39 is 0 Å². The second-order valence-corrected chi connectivity index (χ2v) is 4.97. The molecule has 0 bridgehead atoms. The highest BCUT2D eigenvalue weighted by molar-refractivity contribution is 5.94. The summed E-state index contributed by atoms with van der Waals surface area (Å²) in [6.45, 7) is 2.71. The number of hydrogen-bond acceptors (Lipinski definition) is 3. The fourth-order valence-corrected chi connectivity index (χ4v) is 2.01. The molecule has 1 atom stereocenters. The molecule has 104 valence electrons. The Morgan fingerprint density at radius 2 is 1.72 bits per heavy atom. The van der Waals surface area contributed by atoms with E-state index in [2.05, 4.69) is 12.2 Å². The van der Waals surface area contributed by atoms with Crippen molar-refractivity contribution in [2.75, 3.05) is 6.61 Å². The van der Waals surface area contributed by atoms with Gasteiger partial charge in [0.25, 0.3) is 0 Å². The quantitative estimate of drug-likeness (QED) is 0.371. The number of rotatable bonds is 10. The Labute approximate surface area is 109 Å². The van der Waals surface area contributed by atoms with Gasteiger partial charge in [-0.15, -0.1) is 0 Å². The summed E-state index contributed by atoms with van der Waals surface area (Å²) in [5, 5.41) is 2.51. The predicted octanol–water partition coefficient (Wildman–Crippen LogP) is 2.56. The third-order valence-corrected chi connectivity index (χ3v) is 3.25. The first kappa shape index (κ1) is 15.0. The highest BCUT2D eigenvalue weighted by Gasteiger charge is 2.32. The largest absolute Gasteiger partial charge is 0.464 e. The van der Waals surface area contributed by atoms with Crippen LogP contribution in [0.4, 0.5) is 0 Å². The van der Waals surface area contributed by atoms with Gasteiger partial charge in [-0.05, 0) is 6.42 Å². The number of esters is 1. The summed E-state index contributed by atoms with van der Waals surface area (Å²) in [6.07, 6.45) is 10.1. The second kappa shape index (κ2) is 8.95. The fraction of sp³-hybridized carbons (Fsp3) is 0.857. The molecule has 1 amide bonds. The molecular weight excluding hydrogens is 230 g/mol. The Morgan fingerprint density at radius 3 is 2.28 bits per heavy atom. The summed E-state index contributed by atoms with van der Waals surface area (Å²) in [6, 6.07) is -0.383. The Hall–Kier alpha value is -1.06. The van der Waals surface area contributed by atoms with Gasteiger partial charge in [-0.3, -0.25) is 4.79 Å². The minimum Gasteiger partial charge on any atom is -0.464 e. The van der Waals surface area contributed by atoms with Crippen molar-refractivity contribution in [1.29, 1.82) is 0 Å². The summed E-state index contributed by atoms with van der Waals surface area (Å²) in [4.78, 5) is 22.0. The van der Waals surface area contributed by atoms with Gasteiger partial charge in [-0.25, -0.2) is 4.79 Å². The summed E-state index contributed by atoms with van der Waals surface area (Å²) in [5.74, 6) is -0.346. The maximum atomic E-state index is 11.3. The number of ether oxygens (including phenoxy) is 1. The SMILES string of the molecule is CCCCCCCCCCOC(=O)[C@@H]1CC(=O)N1. The van der Waals surface area contributed by atoms with Crippen LogP contribution in [0, 0.1) is 0 Å². The monoisotopic (exact) mass is 255 g/mol. The lowest BCUT2D eigenvalue weighted by molar-refractivity contribution is -0.153. The molecular formula is C14H25NO3. The maximum absolute atomic E-state index is 11.3. The minimum absolute atomic E-state index is 0.0657. The minimum atomic E-state index is -0.383. The molecule has 1 heterocycles. The molecule has 4 heteroatoms. The Bertz CT molecular complexity index is 258. The average molecular weight is 255 g/mol. The van der Waals surface area contributed by atoms with E-state index in [0.29, 0.717) is 6.61 Å². The molecule has 0 unspecified atom stereocenters. The summed E-state index contributed by atoms with van der Waals surface area (Å²) >= 11 is 0. The molecule has 0 aliphatic carbocycles. The van der Waals surface area contributed by atoms with E-state index in [0.717, 1.165) is 12.8 Å². The summed E-state index contributed by atoms with van der Waals surface area (Å²) in [5.41, 5.74) is 0. The molecule has 0 aromatic heterocycles. The zero-order chi connectivity index (χ0) is 13.2. The number of β-lactam (4-membered cyclic amide) rings is 1. The lowest BCUT2D eigenvalue weighted by Crippen LogP contribution is -2.53. The number of carbonyl (C=O) groups excluding carboxylic acids is 2. The lowest BCUT2D eigenvalue weighted by Gasteiger charge is -2.24. The number of unbranched alkanes of at least 4 members (excludes halogenated alkanes) is 7. The van der Waals surface area contributed by atoms with Crippen LogP contribution in [-0.2, 0) is 14.3 Å². The Kier molecular flexibility index (Phi) is 7.46. The standard InChI is InChI=1S/C14H25NO3/c1-2-3-4-5-6-7-8-9-10-18-14(17)12-11-13(16)15-12/h12H,2-11H2,1H3,(H,15,16)/t12-/m0/s1. The lowest BCUT2D eigenvalue weighted by atomic mass is 10.1. The fourth-order valence-electron chi connectivity index (χ4n) is 2.01. The van der Waals surface area contributed by atoms with Crippen LogP contribution in [0.25, 0.3) is 0 Å². The smallest absolute Gasteiger partial charge is 0.329 e. The molecule has 0 aromatic rings. The van der Waals surface area contributed by atoms with Crippen molar-refractivity contribution < 1.29 is 14.3 Å². The van der Waals surface area contributed by atoms with Crippen LogP contribution in [0.3, 0.4) is 0 Å². The molecule has 0 radical (unpaired) electrons. The first-order valence-corrected chi connectivity index (χ1v) is 7.20. The van der Waals surface area contributed by atoms with Crippen molar-refractivity contribution in [3.8, 4) is 0 Å². The van der Waals surface area contributed by atoms with Gasteiger partial charge in [0.2, 0.25) is 5.91 Å². The van der Waals surface area contributed by atoms with Crippen LogP contribution in [-0.4, -0.2) is 24.5 Å². The van der Waals surface area contributed by atoms with E-state index in [1.165, 1.54) is 38.5 Å². The molecule has 1 saturated heterocycles. The van der Waals surface area contributed by atoms with Crippen LogP contribution < -0.4 is 5.32 Å². The van der Waals surface area contributed by atoms with Gasteiger partial charge in [0.15, 0.2) is 0 Å². The molecule has 4 nitrogen and oxygen atoms in total. The van der Waals surface area contributed by atoms with Crippen LogP contribution in [0.2, 0.25) is 0 Å². The zero-order valence-corrected chi connectivity index (χ0v) is 11.4. The number of nitrogens with one attached hydrogen (secondary N) is 1. The highest BCUT2D eigenvalue weighted by Crippen LogP contribution is 2.09. The van der Waals surface area contributed by atoms with Gasteiger partial charge < -0.3 is 10.1 Å². The third kappa shape index (κ3) is 6.03. The van der Waals surface area contributed by atoms with E-state index in [1.54, 1.807) is 0 Å². The van der Waals surface area contributed by atoms with Crippen molar-refractivity contribution in [2.45, 2.75) is 70.8 Å². The van der Waals surface area contributed by atoms with Gasteiger partial charge in [0.1, 0.15) is 6.04 Å². The van der Waals surface area contributed by atoms with E-state index in [9.17, 15) is 9.59 Å². The third-order valence-electron chi connectivity index (χ3n) is 3.25. The first-order valence-electron chi connectivity index (χ1n) is 7.20. The van der Waals surface area contributed by atoms with Gasteiger partial charge in [-0.2, -0.15) is 0 Å². The van der Waals surface area contributed by atoms with Gasteiger partial charge in [0.05, 0.1) is 13.0 Å². The molecule has 1 N–H and O–H groups in total. The Balaban J connectivity index is 1.81. The molecule has 1 rings (SSSR count). The summed E-state index contributed by atoms with van der Waals surface area (Å²) in [7, 11) is 0. The number of carbonyl (C=O) groups is 2. The first-order chi connectivity index (χ1) is 8.74. The summed E-state index contributed by atoms with van der Waals surface area (Å²) < 4.78 is 5.09. The predicted molar refractivity (Wildman–Crippen MR) is 70.1 cm³/mol. The van der Waals surface area contributed by atoms with Crippen molar-refractivity contribution in [1.82, 2.24) is 5.32 Å². The van der Waals surface area contributed by atoms with Gasteiger partial charge in [-0.1, -0.05) is 51.9 Å². The molecule has 1 aliphatic rings. The van der Waals surface area contributed by atoms with Crippen molar-refractivity contribution in [2.24, 2.45) is 0 Å². The molecule has 1 aliphatic heterocycles. The van der Waals surface area contributed by atoms with E-state index in [4.69, 9.17) is 4.74 Å². The molecule has 0 aromatic carbocycles. The normalized spacial score (nSPS) is 18.1. The van der Waals surface area contributed by atoms with Crippen molar-refractivity contribution in [3.05, 3.63) is 0 Å². The molecule has 0 saturated carbocycles. The average Bonchev–Trinajstić information content (AvgIpc) is 2.32. The van der Waals surface area contributed by atoms with Crippen molar-refractivity contribution >= 4 is 11.9 Å². The maximum Gasteiger partial charge on any atom is 0.329 e. The van der Waals surface area contributed by atoms with Gasteiger partial charge in [0, 0.05) is 0 Å².